The topological polar surface area (TPSA) is 90.5 Å². The van der Waals surface area contributed by atoms with E-state index in [0.717, 1.165) is 4.68 Å². The van der Waals surface area contributed by atoms with Crippen LogP contribution in [0.3, 0.4) is 0 Å². The average molecular weight is 289 g/mol. The van der Waals surface area contributed by atoms with Crippen molar-refractivity contribution >= 4 is 11.9 Å². The first-order valence-corrected chi connectivity index (χ1v) is 5.49. The number of carbonyl (C=O) groups excluding carboxylic acids is 1. The fourth-order valence-electron chi connectivity index (χ4n) is 1.35. The van der Waals surface area contributed by atoms with Crippen LogP contribution in [0.4, 0.5) is 19.1 Å². The van der Waals surface area contributed by atoms with E-state index in [4.69, 9.17) is 0 Å². The van der Waals surface area contributed by atoms with Crippen LogP contribution in [-0.2, 0) is 13.6 Å². The van der Waals surface area contributed by atoms with E-state index >= 15 is 0 Å². The van der Waals surface area contributed by atoms with E-state index in [-0.39, 0.29) is 18.2 Å². The van der Waals surface area contributed by atoms with Gasteiger partial charge in [0.2, 0.25) is 5.95 Å². The molecule has 20 heavy (non-hydrogen) atoms. The van der Waals surface area contributed by atoms with Crippen LogP contribution in [0.25, 0.3) is 0 Å². The van der Waals surface area contributed by atoms with Crippen molar-refractivity contribution < 1.29 is 18.0 Å². The quantitative estimate of drug-likeness (QED) is 0.890. The van der Waals surface area contributed by atoms with Gasteiger partial charge in [-0.1, -0.05) is 5.10 Å². The first-order chi connectivity index (χ1) is 9.35. The normalized spacial score (nSPS) is 11.6. The molecule has 108 valence electrons. The number of rotatable bonds is 4. The molecule has 0 aliphatic heterocycles. The Morgan fingerprint density at radius 3 is 2.80 bits per heavy atom. The molecule has 0 saturated heterocycles. The van der Waals surface area contributed by atoms with Crippen LogP contribution in [0, 0.1) is 0 Å². The van der Waals surface area contributed by atoms with Crippen LogP contribution in [0.1, 0.15) is 16.9 Å². The highest BCUT2D eigenvalue weighted by molar-refractivity contribution is 6.01. The summed E-state index contributed by atoms with van der Waals surface area (Å²) in [5.41, 5.74) is -0.0184. The van der Waals surface area contributed by atoms with Gasteiger partial charge in [0.1, 0.15) is 0 Å². The summed E-state index contributed by atoms with van der Waals surface area (Å²) in [4.78, 5) is 11.8. The molecule has 0 aromatic carbocycles. The van der Waals surface area contributed by atoms with Gasteiger partial charge in [0.05, 0.1) is 6.42 Å². The molecule has 2 aromatic rings. The standard InChI is InChI=1S/C9H10F3N7O/c1-18-8(14-16-17-18)13-7(20)6-2-4-19(15-6)5-3-9(10,11)12/h2,4H,3,5H2,1H3,(H,13,14,17,20). The molecule has 0 atom stereocenters. The second kappa shape index (κ2) is 5.27. The van der Waals surface area contributed by atoms with Crippen molar-refractivity contribution in [3.63, 3.8) is 0 Å². The summed E-state index contributed by atoms with van der Waals surface area (Å²) in [6.07, 6.45) is -3.98. The number of nitrogens with zero attached hydrogens (tertiary/aromatic N) is 6. The molecule has 0 spiro atoms. The molecule has 2 rings (SSSR count). The smallest absolute Gasteiger partial charge is 0.288 e. The number of aromatic nitrogens is 6. The van der Waals surface area contributed by atoms with Gasteiger partial charge in [0, 0.05) is 19.8 Å². The Kier molecular flexibility index (Phi) is 3.68. The summed E-state index contributed by atoms with van der Waals surface area (Å²) in [6, 6.07) is 1.31. The fraction of sp³-hybridized carbons (Fsp3) is 0.444. The van der Waals surface area contributed by atoms with E-state index in [0.29, 0.717) is 0 Å². The summed E-state index contributed by atoms with van der Waals surface area (Å²) in [7, 11) is 1.53. The number of anilines is 1. The number of hydrogen-bond donors (Lipinski definition) is 1. The minimum Gasteiger partial charge on any atom is -0.288 e. The van der Waals surface area contributed by atoms with E-state index in [9.17, 15) is 18.0 Å². The van der Waals surface area contributed by atoms with Gasteiger partial charge in [0.15, 0.2) is 5.69 Å². The van der Waals surface area contributed by atoms with Crippen molar-refractivity contribution in [2.45, 2.75) is 19.1 Å². The lowest BCUT2D eigenvalue weighted by Gasteiger charge is -2.05. The third-order valence-corrected chi connectivity index (χ3v) is 2.34. The molecule has 0 aliphatic carbocycles. The molecule has 0 bridgehead atoms. The van der Waals surface area contributed by atoms with E-state index in [2.05, 4.69) is 25.9 Å². The maximum Gasteiger partial charge on any atom is 0.390 e. The highest BCUT2D eigenvalue weighted by atomic mass is 19.4. The lowest BCUT2D eigenvalue weighted by molar-refractivity contribution is -0.137. The van der Waals surface area contributed by atoms with Gasteiger partial charge < -0.3 is 0 Å². The Hall–Kier alpha value is -2.46. The van der Waals surface area contributed by atoms with Gasteiger partial charge in [-0.3, -0.25) is 14.8 Å². The molecule has 1 N–H and O–H groups in total. The second-order valence-corrected chi connectivity index (χ2v) is 3.91. The molecule has 2 aromatic heterocycles. The highest BCUT2D eigenvalue weighted by Crippen LogP contribution is 2.20. The Labute approximate surface area is 110 Å². The average Bonchev–Trinajstić information content (AvgIpc) is 2.96. The van der Waals surface area contributed by atoms with E-state index in [1.54, 1.807) is 0 Å². The van der Waals surface area contributed by atoms with Crippen molar-refractivity contribution in [3.8, 4) is 0 Å². The molecule has 1 amide bonds. The zero-order valence-electron chi connectivity index (χ0n) is 10.3. The number of tetrazole rings is 1. The number of alkyl halides is 3. The zero-order chi connectivity index (χ0) is 14.8. The molecule has 11 heteroatoms. The van der Waals surface area contributed by atoms with Crippen LogP contribution < -0.4 is 5.32 Å². The van der Waals surface area contributed by atoms with Gasteiger partial charge in [-0.2, -0.15) is 18.3 Å². The largest absolute Gasteiger partial charge is 0.390 e. The van der Waals surface area contributed by atoms with Crippen LogP contribution in [-0.4, -0.2) is 42.1 Å². The number of hydrogen-bond acceptors (Lipinski definition) is 5. The maximum absolute atomic E-state index is 12.1. The Bertz CT molecular complexity index is 603. The van der Waals surface area contributed by atoms with Crippen molar-refractivity contribution in [3.05, 3.63) is 18.0 Å². The fourth-order valence-corrected chi connectivity index (χ4v) is 1.35. The Morgan fingerprint density at radius 1 is 1.45 bits per heavy atom. The molecular weight excluding hydrogens is 279 g/mol. The van der Waals surface area contributed by atoms with Gasteiger partial charge in [-0.25, -0.2) is 4.68 Å². The predicted octanol–water partition coefficient (Wildman–Crippen LogP) is 0.611. The predicted molar refractivity (Wildman–Crippen MR) is 59.7 cm³/mol. The second-order valence-electron chi connectivity index (χ2n) is 3.91. The van der Waals surface area contributed by atoms with Gasteiger partial charge >= 0.3 is 6.18 Å². The highest BCUT2D eigenvalue weighted by Gasteiger charge is 2.27. The monoisotopic (exact) mass is 289 g/mol. The minimum absolute atomic E-state index is 0.0184. The number of nitrogens with one attached hydrogen (secondary N) is 1. The molecule has 0 fully saturated rings. The Balaban J connectivity index is 1.98. The number of halogens is 3. The number of aryl methyl sites for hydroxylation is 2. The van der Waals surface area contributed by atoms with E-state index in [1.165, 1.54) is 24.0 Å². The molecule has 0 aliphatic rings. The molecule has 8 nitrogen and oxygen atoms in total. The van der Waals surface area contributed by atoms with Crippen LogP contribution >= 0.6 is 0 Å². The van der Waals surface area contributed by atoms with E-state index in [1.807, 2.05) is 0 Å². The Morgan fingerprint density at radius 2 is 2.20 bits per heavy atom. The third kappa shape index (κ3) is 3.52. The number of amides is 1. The van der Waals surface area contributed by atoms with Crippen LogP contribution in [0.5, 0.6) is 0 Å². The van der Waals surface area contributed by atoms with Crippen molar-refractivity contribution in [2.24, 2.45) is 7.05 Å². The van der Waals surface area contributed by atoms with E-state index < -0.39 is 18.5 Å². The van der Waals surface area contributed by atoms with Gasteiger partial charge in [0.25, 0.3) is 5.91 Å². The SMILES string of the molecule is Cn1nnnc1NC(=O)c1ccn(CCC(F)(F)F)n1. The summed E-state index contributed by atoms with van der Waals surface area (Å²) in [6.45, 7) is -0.345. The first kappa shape index (κ1) is 14.0. The molecule has 2 heterocycles. The molecule has 0 radical (unpaired) electrons. The van der Waals surface area contributed by atoms with Crippen molar-refractivity contribution in [2.75, 3.05) is 5.32 Å². The van der Waals surface area contributed by atoms with Crippen LogP contribution in [0.15, 0.2) is 12.3 Å². The van der Waals surface area contributed by atoms with Crippen molar-refractivity contribution in [1.29, 1.82) is 0 Å². The van der Waals surface area contributed by atoms with Gasteiger partial charge in [-0.15, -0.1) is 0 Å². The van der Waals surface area contributed by atoms with Crippen molar-refractivity contribution in [1.82, 2.24) is 30.0 Å². The summed E-state index contributed by atoms with van der Waals surface area (Å²) in [5, 5.41) is 16.5. The zero-order valence-corrected chi connectivity index (χ0v) is 10.3. The summed E-state index contributed by atoms with van der Waals surface area (Å²) >= 11 is 0. The summed E-state index contributed by atoms with van der Waals surface area (Å²) in [5.74, 6) is -0.492. The minimum atomic E-state index is -4.27. The third-order valence-electron chi connectivity index (χ3n) is 2.34. The number of carbonyl (C=O) groups is 1. The summed E-state index contributed by atoms with van der Waals surface area (Å²) < 4.78 is 38.5. The first-order valence-electron chi connectivity index (χ1n) is 5.49. The maximum atomic E-state index is 12.1. The molecule has 0 saturated carbocycles. The lowest BCUT2D eigenvalue weighted by Crippen LogP contribution is -2.17. The van der Waals surface area contributed by atoms with Gasteiger partial charge in [-0.05, 0) is 16.5 Å². The molecule has 0 unspecified atom stereocenters. The lowest BCUT2D eigenvalue weighted by atomic mass is 10.4. The van der Waals surface area contributed by atoms with Crippen LogP contribution in [0.2, 0.25) is 0 Å². The molecular formula is C9H10F3N7O.